The van der Waals surface area contributed by atoms with E-state index in [0.717, 1.165) is 99.5 Å². The van der Waals surface area contributed by atoms with Crippen molar-refractivity contribution in [2.75, 3.05) is 55.2 Å². The molecule has 8 N–H and O–H groups in total. The van der Waals surface area contributed by atoms with Crippen LogP contribution >= 0.6 is 0 Å². The summed E-state index contributed by atoms with van der Waals surface area (Å²) >= 11 is 0. The fourth-order valence-corrected chi connectivity index (χ4v) is 8.36. The molecule has 3 saturated heterocycles. The van der Waals surface area contributed by atoms with Gasteiger partial charge in [-0.05, 0) is 90.1 Å². The van der Waals surface area contributed by atoms with Crippen molar-refractivity contribution >= 4 is 53.8 Å². The average Bonchev–Trinajstić information content (AvgIpc) is 3.68. The highest BCUT2D eigenvalue weighted by Crippen LogP contribution is 2.33. The molecule has 3 aromatic rings. The predicted molar refractivity (Wildman–Crippen MR) is 242 cm³/mol. The van der Waals surface area contributed by atoms with E-state index in [1.807, 2.05) is 32.0 Å². The molecule has 0 spiro atoms. The number of hydrogen-bond acceptors (Lipinski definition) is 12. The number of benzene rings is 1. The van der Waals surface area contributed by atoms with Gasteiger partial charge in [-0.1, -0.05) is 19.3 Å². The van der Waals surface area contributed by atoms with Gasteiger partial charge in [0, 0.05) is 110 Å². The Morgan fingerprint density at radius 2 is 1.77 bits per heavy atom. The Morgan fingerprint density at radius 1 is 1.06 bits per heavy atom. The number of amides is 3. The first-order valence-electron chi connectivity index (χ1n) is 21.6. The molecule has 332 valence electrons. The number of halogens is 1. The second-order valence-electron chi connectivity index (χ2n) is 16.8. The Morgan fingerprint density at radius 3 is 2.37 bits per heavy atom. The van der Waals surface area contributed by atoms with Crippen molar-refractivity contribution in [3.63, 3.8) is 0 Å². The van der Waals surface area contributed by atoms with Gasteiger partial charge in [-0.3, -0.25) is 34.6 Å². The van der Waals surface area contributed by atoms with Crippen LogP contribution in [-0.4, -0.2) is 102 Å². The summed E-state index contributed by atoms with van der Waals surface area (Å²) in [5.41, 5.74) is 11.4. The number of anilines is 3. The normalized spacial score (nSPS) is 19.4. The summed E-state index contributed by atoms with van der Waals surface area (Å²) in [5, 5.41) is 33.9. The highest BCUT2D eigenvalue weighted by Gasteiger charge is 2.33. The standard InChI is InChI=1S/C20H28FN5O2.C17H25N3O2.C9H9N3/c1-13-17(26-8-4-14(5-9-26)25-10-6-22-7-11-25)12-16(21)19(23-13)15-2-3-18(27)24-20(15)28;1-17(2,22)14-9-15(18)12(8-16(14)20-11-21)10-19-13-6-4-3-5-7-13;1-7-2-3-9(12-7)4-8(5-10)6-11/h12,14-15,22H,2-11H2,1H3,(H,24,27,28);8-11,13,22H,3-7,18H2,1-2H3,(H,20,21);2-5,10,12H,1H3/b;;8-4+,10-5?. The van der Waals surface area contributed by atoms with Crippen molar-refractivity contribution in [2.45, 2.75) is 109 Å². The number of nitrogens with one attached hydrogen (secondary N) is 5. The lowest BCUT2D eigenvalue weighted by Gasteiger charge is -2.41. The molecule has 7 rings (SSSR count). The molecule has 1 aliphatic carbocycles. The molecule has 1 atom stereocenters. The second-order valence-corrected chi connectivity index (χ2v) is 16.8. The number of aliphatic hydroxyl groups is 1. The molecule has 3 amide bonds. The van der Waals surface area contributed by atoms with E-state index in [1.54, 1.807) is 38.3 Å². The summed E-state index contributed by atoms with van der Waals surface area (Å²) in [5.74, 6) is -1.91. The van der Waals surface area contributed by atoms with Gasteiger partial charge in [0.25, 0.3) is 0 Å². The number of aromatic amines is 1. The Hall–Kier alpha value is -5.76. The molecule has 0 bridgehead atoms. The number of piperazine rings is 1. The largest absolute Gasteiger partial charge is 0.398 e. The summed E-state index contributed by atoms with van der Waals surface area (Å²) in [4.78, 5) is 51.1. The van der Waals surface area contributed by atoms with Gasteiger partial charge in [0.2, 0.25) is 18.2 Å². The van der Waals surface area contributed by atoms with Crippen LogP contribution in [0.2, 0.25) is 0 Å². The topological polar surface area (TPSA) is 229 Å². The zero-order valence-electron chi connectivity index (χ0n) is 36.4. The minimum absolute atomic E-state index is 0.155. The highest BCUT2D eigenvalue weighted by molar-refractivity contribution is 6.00. The Bertz CT molecular complexity index is 2130. The quantitative estimate of drug-likeness (QED) is 0.0438. The SMILES string of the molecule is CC(C)(O)c1cc(N)c(C=NC2CCCCC2)cc1NC=O.Cc1ccc(/C=C(/C#N)C=N)[nH]1.Cc1nc(C2CCC(=O)NC2=O)c(F)cc1N1CCC(N2CCNCC2)CC1. The zero-order valence-corrected chi connectivity index (χ0v) is 36.4. The van der Waals surface area contributed by atoms with Gasteiger partial charge in [0.1, 0.15) is 11.9 Å². The first kappa shape index (κ1) is 47.3. The van der Waals surface area contributed by atoms with Gasteiger partial charge in [0.15, 0.2) is 0 Å². The number of aryl methyl sites for hydroxylation is 2. The number of H-pyrrole nitrogens is 1. The molecule has 15 nitrogen and oxygen atoms in total. The van der Waals surface area contributed by atoms with Crippen molar-refractivity contribution in [3.05, 3.63) is 75.6 Å². The summed E-state index contributed by atoms with van der Waals surface area (Å²) in [7, 11) is 0. The number of aromatic nitrogens is 2. The third-order valence-electron chi connectivity index (χ3n) is 11.8. The molecule has 62 heavy (non-hydrogen) atoms. The first-order valence-corrected chi connectivity index (χ1v) is 21.6. The molecule has 3 aliphatic heterocycles. The average molecular weight is 852 g/mol. The molecular formula is C46H62FN11O4. The summed E-state index contributed by atoms with van der Waals surface area (Å²) in [6.07, 6.45) is 13.7. The number of piperidine rings is 2. The zero-order chi connectivity index (χ0) is 44.8. The second kappa shape index (κ2) is 22.4. The summed E-state index contributed by atoms with van der Waals surface area (Å²) in [6, 6.07) is 11.7. The third-order valence-corrected chi connectivity index (χ3v) is 11.8. The lowest BCUT2D eigenvalue weighted by molar-refractivity contribution is -0.134. The van der Waals surface area contributed by atoms with Crippen molar-refractivity contribution in [1.29, 1.82) is 10.7 Å². The van der Waals surface area contributed by atoms with Gasteiger partial charge < -0.3 is 36.8 Å². The number of allylic oxidation sites excluding steroid dienone is 1. The van der Waals surface area contributed by atoms with Crippen LogP contribution < -0.4 is 26.6 Å². The van der Waals surface area contributed by atoms with E-state index in [1.165, 1.54) is 25.3 Å². The Balaban J connectivity index is 0.000000190. The third kappa shape index (κ3) is 13.1. The number of nitrogens with two attached hydrogens (primary N) is 1. The predicted octanol–water partition coefficient (Wildman–Crippen LogP) is 5.62. The minimum Gasteiger partial charge on any atom is -0.398 e. The van der Waals surface area contributed by atoms with Crippen LogP contribution in [0.4, 0.5) is 21.5 Å². The highest BCUT2D eigenvalue weighted by atomic mass is 19.1. The minimum atomic E-state index is -1.08. The molecule has 1 aromatic carbocycles. The van der Waals surface area contributed by atoms with Crippen LogP contribution in [0.5, 0.6) is 0 Å². The van der Waals surface area contributed by atoms with E-state index >= 15 is 0 Å². The van der Waals surface area contributed by atoms with Crippen LogP contribution in [0, 0.1) is 36.4 Å². The lowest BCUT2D eigenvalue weighted by atomic mass is 9.93. The fourth-order valence-electron chi connectivity index (χ4n) is 8.36. The molecule has 4 fully saturated rings. The van der Waals surface area contributed by atoms with Crippen molar-refractivity contribution in [2.24, 2.45) is 4.99 Å². The molecule has 0 radical (unpaired) electrons. The molecule has 5 heterocycles. The van der Waals surface area contributed by atoms with E-state index in [4.69, 9.17) is 16.4 Å². The van der Waals surface area contributed by atoms with Crippen LogP contribution in [-0.2, 0) is 20.0 Å². The number of carbonyl (C=O) groups excluding carboxylic acids is 3. The van der Waals surface area contributed by atoms with Gasteiger partial charge in [-0.2, -0.15) is 5.26 Å². The number of nitrogen functional groups attached to an aromatic ring is 1. The molecule has 4 aliphatic rings. The van der Waals surface area contributed by atoms with Crippen LogP contribution in [0.1, 0.15) is 111 Å². The van der Waals surface area contributed by atoms with Crippen molar-refractivity contribution < 1.29 is 23.9 Å². The number of pyridine rings is 1. The van der Waals surface area contributed by atoms with E-state index in [0.29, 0.717) is 47.4 Å². The van der Waals surface area contributed by atoms with Gasteiger partial charge in [0.05, 0.1) is 34.2 Å². The summed E-state index contributed by atoms with van der Waals surface area (Å²) in [6.45, 7) is 13.2. The molecule has 16 heteroatoms. The Kier molecular flexibility index (Phi) is 17.1. The number of aliphatic imine (C=N–C) groups is 1. The lowest BCUT2D eigenvalue weighted by Crippen LogP contribution is -2.52. The number of carbonyl (C=O) groups is 3. The maximum Gasteiger partial charge on any atom is 0.235 e. The molecular weight excluding hydrogens is 790 g/mol. The Labute approximate surface area is 364 Å². The van der Waals surface area contributed by atoms with Crippen LogP contribution in [0.15, 0.2) is 40.9 Å². The van der Waals surface area contributed by atoms with E-state index < -0.39 is 23.2 Å². The van der Waals surface area contributed by atoms with E-state index in [9.17, 15) is 23.9 Å². The van der Waals surface area contributed by atoms with E-state index in [2.05, 4.69) is 40.7 Å². The number of hydrogen-bond donors (Lipinski definition) is 7. The fraction of sp³-hybridized carbons (Fsp3) is 0.500. The van der Waals surface area contributed by atoms with Gasteiger partial charge >= 0.3 is 0 Å². The number of imide groups is 1. The number of nitrogens with zero attached hydrogens (tertiary/aromatic N) is 5. The van der Waals surface area contributed by atoms with Gasteiger partial charge in [-0.15, -0.1) is 0 Å². The smallest absolute Gasteiger partial charge is 0.235 e. The summed E-state index contributed by atoms with van der Waals surface area (Å²) < 4.78 is 14.8. The van der Waals surface area contributed by atoms with Crippen molar-refractivity contribution in [1.82, 2.24) is 25.5 Å². The van der Waals surface area contributed by atoms with E-state index in [-0.39, 0.29) is 18.0 Å². The molecule has 2 aromatic heterocycles. The van der Waals surface area contributed by atoms with Crippen LogP contribution in [0.3, 0.4) is 0 Å². The van der Waals surface area contributed by atoms with Crippen LogP contribution in [0.25, 0.3) is 6.08 Å². The molecule has 1 saturated carbocycles. The maximum atomic E-state index is 14.8. The first-order chi connectivity index (χ1) is 29.7. The molecule has 1 unspecified atom stereocenters. The van der Waals surface area contributed by atoms with Crippen molar-refractivity contribution in [3.8, 4) is 6.07 Å². The number of nitriles is 1. The number of rotatable bonds is 10. The maximum absolute atomic E-state index is 14.8. The monoisotopic (exact) mass is 851 g/mol. The van der Waals surface area contributed by atoms with Gasteiger partial charge in [-0.25, -0.2) is 4.39 Å².